The van der Waals surface area contributed by atoms with E-state index in [0.29, 0.717) is 41.1 Å². The summed E-state index contributed by atoms with van der Waals surface area (Å²) in [5.41, 5.74) is -1.01. The van der Waals surface area contributed by atoms with Crippen LogP contribution in [0.2, 0.25) is 0 Å². The molecule has 0 spiro atoms. The summed E-state index contributed by atoms with van der Waals surface area (Å²) in [7, 11) is -2.18. The summed E-state index contributed by atoms with van der Waals surface area (Å²) >= 11 is 1.96. The average molecular weight is 707 g/mol. The van der Waals surface area contributed by atoms with Crippen molar-refractivity contribution >= 4 is 57.0 Å². The number of carbonyl (C=O) groups excluding carboxylic acids is 3. The lowest BCUT2D eigenvalue weighted by atomic mass is 9.81. The van der Waals surface area contributed by atoms with Crippen molar-refractivity contribution in [3.05, 3.63) is 68.1 Å². The number of aliphatic hydroxyl groups is 1. The maximum atomic E-state index is 14.5. The third-order valence-electron chi connectivity index (χ3n) is 8.61. The Morgan fingerprint density at radius 3 is 2.70 bits per heavy atom. The van der Waals surface area contributed by atoms with E-state index < -0.39 is 56.6 Å². The topological polar surface area (TPSA) is 166 Å². The van der Waals surface area contributed by atoms with Crippen LogP contribution in [0.15, 0.2) is 48.9 Å². The van der Waals surface area contributed by atoms with Crippen LogP contribution in [-0.4, -0.2) is 64.8 Å². The number of hydrogen-bond acceptors (Lipinski definition) is 13. The smallest absolute Gasteiger partial charge is 0.396 e. The second-order valence-corrected chi connectivity index (χ2v) is 15.5. The van der Waals surface area contributed by atoms with E-state index in [4.69, 9.17) is 18.3 Å². The Bertz CT molecular complexity index is 1680. The number of thioether (sulfide) groups is 1. The first kappa shape index (κ1) is 35.4. The van der Waals surface area contributed by atoms with Gasteiger partial charge in [0.05, 0.1) is 23.9 Å². The van der Waals surface area contributed by atoms with Crippen molar-refractivity contribution in [1.82, 2.24) is 9.29 Å². The molecule has 1 unspecified atom stereocenters. The maximum Gasteiger partial charge on any atom is 0.519 e. The van der Waals surface area contributed by atoms with Crippen LogP contribution in [0.4, 0.5) is 0 Å². The first-order valence-electron chi connectivity index (χ1n) is 15.3. The van der Waals surface area contributed by atoms with E-state index in [2.05, 4.69) is 4.98 Å². The second kappa shape index (κ2) is 14.7. The maximum absolute atomic E-state index is 14.5. The molecule has 1 N–H and O–H groups in total. The molecule has 2 fully saturated rings. The molecule has 1 amide bonds. The Labute approximate surface area is 282 Å². The van der Waals surface area contributed by atoms with E-state index in [1.807, 2.05) is 0 Å². The van der Waals surface area contributed by atoms with Gasteiger partial charge in [-0.15, -0.1) is 11.3 Å². The van der Waals surface area contributed by atoms with E-state index in [0.717, 1.165) is 12.8 Å². The summed E-state index contributed by atoms with van der Waals surface area (Å²) in [6.45, 7) is 6.81. The van der Waals surface area contributed by atoms with Crippen LogP contribution in [0.25, 0.3) is 6.08 Å². The first-order chi connectivity index (χ1) is 22.3. The van der Waals surface area contributed by atoms with E-state index in [1.54, 1.807) is 43.5 Å². The SMILES string of the molecule is C/C1=C/[C@@H](O[C@H]2CCCCO2)C(=O)/C=C\C=C/c2csc(n2)[C@@H](C)N2C(=O)C[C@@]([C@@](C)(O)C(=O)SCc3oc(=O)oc3C)(CC1)S2=O. The van der Waals surface area contributed by atoms with Gasteiger partial charge in [-0.25, -0.2) is 14.0 Å². The molecule has 2 saturated heterocycles. The van der Waals surface area contributed by atoms with Crippen LogP contribution in [0.5, 0.6) is 0 Å². The number of hydrogen-bond donors (Lipinski definition) is 1. The number of aryl methyl sites for hydroxylation is 1. The minimum absolute atomic E-state index is 0.0304. The van der Waals surface area contributed by atoms with Gasteiger partial charge in [-0.1, -0.05) is 29.5 Å². The van der Waals surface area contributed by atoms with Crippen LogP contribution in [0.1, 0.15) is 87.6 Å². The molecule has 2 aromatic heterocycles. The Hall–Kier alpha value is -2.95. The number of rotatable bonds is 6. The number of fused-ring (bicyclic) bond motifs is 4. The lowest BCUT2D eigenvalue weighted by Gasteiger charge is -2.39. The summed E-state index contributed by atoms with van der Waals surface area (Å²) < 4.78 is 35.7. The summed E-state index contributed by atoms with van der Waals surface area (Å²) in [5, 5.41) is 13.6. The summed E-state index contributed by atoms with van der Waals surface area (Å²) in [5.74, 6) is -1.49. The van der Waals surface area contributed by atoms with Crippen molar-refractivity contribution in [2.75, 3.05) is 6.61 Å². The van der Waals surface area contributed by atoms with E-state index in [-0.39, 0.29) is 42.3 Å². The van der Waals surface area contributed by atoms with Crippen LogP contribution in [-0.2, 0) is 40.6 Å². The van der Waals surface area contributed by atoms with E-state index in [9.17, 15) is 28.5 Å². The minimum atomic E-state index is -2.27. The summed E-state index contributed by atoms with van der Waals surface area (Å²) in [6.07, 6.45) is 8.85. The highest BCUT2D eigenvalue weighted by atomic mass is 32.2. The zero-order valence-electron chi connectivity index (χ0n) is 26.6. The van der Waals surface area contributed by atoms with Crippen molar-refractivity contribution in [2.45, 2.75) is 101 Å². The Balaban J connectivity index is 1.51. The molecule has 47 heavy (non-hydrogen) atoms. The highest BCUT2D eigenvalue weighted by molar-refractivity contribution is 8.13. The summed E-state index contributed by atoms with van der Waals surface area (Å²) in [6, 6.07) is -0.712. The van der Waals surface area contributed by atoms with Gasteiger partial charge < -0.3 is 23.4 Å². The number of nitrogens with zero attached hydrogens (tertiary/aromatic N) is 2. The van der Waals surface area contributed by atoms with Crippen LogP contribution in [0, 0.1) is 6.92 Å². The zero-order chi connectivity index (χ0) is 33.9. The third-order valence-corrected chi connectivity index (χ3v) is 13.0. The van der Waals surface area contributed by atoms with Gasteiger partial charge in [0.25, 0.3) is 0 Å². The molecule has 0 aliphatic carbocycles. The normalized spacial score (nSPS) is 31.1. The lowest BCUT2D eigenvalue weighted by molar-refractivity contribution is -0.181. The van der Waals surface area contributed by atoms with Crippen molar-refractivity contribution in [2.24, 2.45) is 0 Å². The van der Waals surface area contributed by atoms with Crippen LogP contribution in [0.3, 0.4) is 0 Å². The molecule has 3 aliphatic rings. The number of carbonyl (C=O) groups is 3. The standard InChI is InChI=1S/C32H38N2O10S3/c1-19-12-13-32(31(4,39)29(37)46-18-25-21(3)42-30(38)44-25)16-26(36)34(47(32)40)20(2)28-33-22(17-45-28)9-5-6-10-23(35)24(15-19)43-27-11-7-8-14-41-27/h5-6,9-10,15,17,20,24,27,39H,7-8,11-14,16,18H2,1-4H3/b9-5-,10-6-,19-15-/t20-,24-,27+,31+,32-,47?/m1/s1. The van der Waals surface area contributed by atoms with Gasteiger partial charge in [-0.05, 0) is 78.0 Å². The molecule has 3 aliphatic heterocycles. The Kier molecular flexibility index (Phi) is 11.0. The highest BCUT2D eigenvalue weighted by Crippen LogP contribution is 2.48. The minimum Gasteiger partial charge on any atom is -0.396 e. The van der Waals surface area contributed by atoms with Crippen LogP contribution >= 0.6 is 23.1 Å². The molecule has 2 aromatic rings. The number of thiazole rings is 1. The molecule has 15 heteroatoms. The van der Waals surface area contributed by atoms with Gasteiger partial charge >= 0.3 is 5.82 Å². The van der Waals surface area contributed by atoms with E-state index >= 15 is 0 Å². The Morgan fingerprint density at radius 2 is 2.00 bits per heavy atom. The molecule has 12 nitrogen and oxygen atoms in total. The number of ether oxygens (including phenoxy) is 2. The molecule has 5 rings (SSSR count). The number of ketones is 1. The zero-order valence-corrected chi connectivity index (χ0v) is 29.0. The Morgan fingerprint density at radius 1 is 1.23 bits per heavy atom. The molecule has 0 aromatic carbocycles. The third kappa shape index (κ3) is 7.55. The average Bonchev–Trinajstić information content (AvgIpc) is 3.71. The van der Waals surface area contributed by atoms with Gasteiger partial charge in [0.15, 0.2) is 17.8 Å². The van der Waals surface area contributed by atoms with Crippen molar-refractivity contribution < 1.29 is 42.0 Å². The summed E-state index contributed by atoms with van der Waals surface area (Å²) in [4.78, 5) is 56.9. The largest absolute Gasteiger partial charge is 0.519 e. The van der Waals surface area contributed by atoms with E-state index in [1.165, 1.54) is 35.6 Å². The van der Waals surface area contributed by atoms with Gasteiger partial charge in [-0.2, -0.15) is 0 Å². The number of allylic oxidation sites excluding steroid dienone is 3. The first-order valence-corrected chi connectivity index (χ1v) is 18.3. The van der Waals surface area contributed by atoms with Gasteiger partial charge in [0.2, 0.25) is 11.0 Å². The van der Waals surface area contributed by atoms with Gasteiger partial charge in [0.1, 0.15) is 38.2 Å². The highest BCUT2D eigenvalue weighted by Gasteiger charge is 2.64. The van der Waals surface area contributed by atoms with Crippen molar-refractivity contribution in [1.29, 1.82) is 0 Å². The van der Waals surface area contributed by atoms with Gasteiger partial charge in [-0.3, -0.25) is 18.7 Å². The quantitative estimate of drug-likeness (QED) is 0.412. The molecule has 254 valence electrons. The molecule has 4 bridgehead atoms. The van der Waals surface area contributed by atoms with Gasteiger partial charge in [0, 0.05) is 12.0 Å². The van der Waals surface area contributed by atoms with Crippen molar-refractivity contribution in [3.63, 3.8) is 0 Å². The predicted molar refractivity (Wildman–Crippen MR) is 176 cm³/mol. The molecule has 0 saturated carbocycles. The molecule has 0 radical (unpaired) electrons. The van der Waals surface area contributed by atoms with Crippen LogP contribution < -0.4 is 5.82 Å². The number of amides is 1. The second-order valence-electron chi connectivity index (χ2n) is 12.0. The monoisotopic (exact) mass is 706 g/mol. The van der Waals surface area contributed by atoms with Crippen molar-refractivity contribution in [3.8, 4) is 0 Å². The number of aromatic nitrogens is 1. The molecular weight excluding hydrogens is 669 g/mol. The molecule has 6 atom stereocenters. The fourth-order valence-corrected chi connectivity index (χ4v) is 9.66. The lowest BCUT2D eigenvalue weighted by Crippen LogP contribution is -2.58. The molecule has 5 heterocycles. The predicted octanol–water partition coefficient (Wildman–Crippen LogP) is 4.69. The fraction of sp³-hybridized carbons (Fsp3) is 0.531. The molecular formula is C32H38N2O10S3. The fourth-order valence-electron chi connectivity index (χ4n) is 5.73.